The van der Waals surface area contributed by atoms with Crippen molar-refractivity contribution >= 4 is 35.5 Å². The average Bonchev–Trinajstić information content (AvgIpc) is 2.98. The number of carbonyl (C=O) groups is 4. The summed E-state index contributed by atoms with van der Waals surface area (Å²) in [4.78, 5) is 48.0. The van der Waals surface area contributed by atoms with E-state index in [0.717, 1.165) is 23.5 Å². The van der Waals surface area contributed by atoms with Crippen LogP contribution in [0.2, 0.25) is 0 Å². The number of nitrogens with zero attached hydrogens (tertiary/aromatic N) is 1. The molecular weight excluding hydrogens is 456 g/mol. The fourth-order valence-electron chi connectivity index (χ4n) is 3.18. The first-order valence-electron chi connectivity index (χ1n) is 11.7. The molecular formula is C25H38N2O6S. The molecule has 1 aromatic rings. The molecule has 9 heteroatoms. The molecule has 2 rings (SSSR count). The van der Waals surface area contributed by atoms with E-state index in [4.69, 9.17) is 9.47 Å². The molecule has 0 spiro atoms. The van der Waals surface area contributed by atoms with Gasteiger partial charge >= 0.3 is 11.9 Å². The third-order valence-electron chi connectivity index (χ3n) is 4.58. The Morgan fingerprint density at radius 1 is 1.06 bits per heavy atom. The molecule has 0 saturated carbocycles. The number of thioether (sulfide) groups is 1. The van der Waals surface area contributed by atoms with Crippen molar-refractivity contribution in [2.24, 2.45) is 0 Å². The van der Waals surface area contributed by atoms with E-state index in [-0.39, 0.29) is 18.6 Å². The Morgan fingerprint density at radius 2 is 1.62 bits per heavy atom. The summed E-state index contributed by atoms with van der Waals surface area (Å²) in [7, 11) is 0. The van der Waals surface area contributed by atoms with Crippen molar-refractivity contribution in [3.05, 3.63) is 35.4 Å². The van der Waals surface area contributed by atoms with E-state index in [0.29, 0.717) is 23.1 Å². The zero-order valence-corrected chi connectivity index (χ0v) is 22.1. The highest BCUT2D eigenvalue weighted by Gasteiger charge is 2.37. The number of fused-ring (bicyclic) bond motifs is 1. The maximum Gasteiger partial charge on any atom is 0.326 e. The lowest BCUT2D eigenvalue weighted by Crippen LogP contribution is -2.40. The first-order chi connectivity index (χ1) is 15.9. The molecule has 1 N–H and O–H groups in total. The van der Waals surface area contributed by atoms with Crippen molar-refractivity contribution < 1.29 is 28.7 Å². The van der Waals surface area contributed by atoms with E-state index in [2.05, 4.69) is 19.2 Å². The Kier molecular flexibility index (Phi) is 12.3. The van der Waals surface area contributed by atoms with Gasteiger partial charge in [-0.3, -0.25) is 29.4 Å². The minimum Gasteiger partial charge on any atom is -0.465 e. The zero-order chi connectivity index (χ0) is 25.9. The molecule has 2 atom stereocenters. The molecule has 190 valence electrons. The first-order valence-corrected chi connectivity index (χ1v) is 12.7. The highest BCUT2D eigenvalue weighted by atomic mass is 32.2. The largest absolute Gasteiger partial charge is 0.465 e. The van der Waals surface area contributed by atoms with Gasteiger partial charge < -0.3 is 9.47 Å². The summed E-state index contributed by atoms with van der Waals surface area (Å²) in [6.45, 7) is 13.2. The van der Waals surface area contributed by atoms with Crippen LogP contribution in [0.4, 0.5) is 0 Å². The Labute approximate surface area is 207 Å². The second-order valence-electron chi connectivity index (χ2n) is 8.70. The van der Waals surface area contributed by atoms with Crippen LogP contribution in [0.1, 0.15) is 82.0 Å². The van der Waals surface area contributed by atoms with Crippen LogP contribution in [-0.4, -0.2) is 64.6 Å². The van der Waals surface area contributed by atoms with Crippen LogP contribution in [0.15, 0.2) is 24.3 Å². The number of esters is 2. The van der Waals surface area contributed by atoms with Crippen molar-refractivity contribution in [2.45, 2.75) is 78.3 Å². The molecule has 1 aromatic carbocycles. The van der Waals surface area contributed by atoms with Crippen LogP contribution < -0.4 is 5.32 Å². The smallest absolute Gasteiger partial charge is 0.326 e. The maximum absolute atomic E-state index is 12.0. The standard InChI is InChI=1S/C14H15NO4.C11H23NO2S/c1-14(2,3)19-11(16)8-15-12(17)9-6-4-5-7-10(9)13(15)18;1-5-8-10(15-7-3)12-9(4)11(13)14-6-2/h4-7H,8H2,1-3H3;9-10,12H,5-8H2,1-4H3/t;9-,10?/m.0/s1. The first kappa shape index (κ1) is 29.6. The van der Waals surface area contributed by atoms with E-state index in [9.17, 15) is 19.2 Å². The number of benzene rings is 1. The highest BCUT2D eigenvalue weighted by molar-refractivity contribution is 7.99. The average molecular weight is 495 g/mol. The Bertz CT molecular complexity index is 811. The van der Waals surface area contributed by atoms with Gasteiger partial charge in [-0.2, -0.15) is 0 Å². The molecule has 1 aliphatic rings. The van der Waals surface area contributed by atoms with Gasteiger partial charge in [0, 0.05) is 0 Å². The van der Waals surface area contributed by atoms with Gasteiger partial charge in [0.1, 0.15) is 18.2 Å². The molecule has 0 bridgehead atoms. The third-order valence-corrected chi connectivity index (χ3v) is 5.69. The van der Waals surface area contributed by atoms with E-state index in [1.807, 2.05) is 25.6 Å². The molecule has 1 unspecified atom stereocenters. The summed E-state index contributed by atoms with van der Waals surface area (Å²) < 4.78 is 10.1. The van der Waals surface area contributed by atoms with Gasteiger partial charge in [-0.15, -0.1) is 11.8 Å². The number of rotatable bonds is 10. The summed E-state index contributed by atoms with van der Waals surface area (Å²) in [6, 6.07) is 6.30. The molecule has 34 heavy (non-hydrogen) atoms. The Balaban J connectivity index is 0.000000352. The fraction of sp³-hybridized carbons (Fsp3) is 0.600. The second-order valence-corrected chi connectivity index (χ2v) is 10.2. The van der Waals surface area contributed by atoms with Crippen LogP contribution in [-0.2, 0) is 19.1 Å². The second kappa shape index (κ2) is 14.1. The molecule has 0 radical (unpaired) electrons. The molecule has 0 fully saturated rings. The number of carbonyl (C=O) groups excluding carboxylic acids is 4. The maximum atomic E-state index is 12.0. The summed E-state index contributed by atoms with van der Waals surface area (Å²) >= 11 is 1.85. The molecule has 1 heterocycles. The van der Waals surface area contributed by atoms with E-state index in [1.165, 1.54) is 0 Å². The quantitative estimate of drug-likeness (QED) is 0.295. The topological polar surface area (TPSA) is 102 Å². The van der Waals surface area contributed by atoms with Crippen LogP contribution in [0.5, 0.6) is 0 Å². The van der Waals surface area contributed by atoms with E-state index in [1.54, 1.807) is 45.0 Å². The van der Waals surface area contributed by atoms with Crippen molar-refractivity contribution in [1.29, 1.82) is 0 Å². The molecule has 0 aliphatic carbocycles. The molecule has 8 nitrogen and oxygen atoms in total. The third kappa shape index (κ3) is 9.46. The Morgan fingerprint density at radius 3 is 2.06 bits per heavy atom. The van der Waals surface area contributed by atoms with Crippen LogP contribution in [0.25, 0.3) is 0 Å². The van der Waals surface area contributed by atoms with E-state index < -0.39 is 23.4 Å². The van der Waals surface area contributed by atoms with Crippen LogP contribution in [0.3, 0.4) is 0 Å². The van der Waals surface area contributed by atoms with Gasteiger partial charge in [0.05, 0.1) is 23.1 Å². The summed E-state index contributed by atoms with van der Waals surface area (Å²) in [5.74, 6) is -0.594. The van der Waals surface area contributed by atoms with Crippen molar-refractivity contribution in [2.75, 3.05) is 18.9 Å². The Hall–Kier alpha value is -2.39. The summed E-state index contributed by atoms with van der Waals surface area (Å²) in [5, 5.41) is 3.65. The minimum absolute atomic E-state index is 0.157. The number of nitrogens with one attached hydrogen (secondary N) is 1. The van der Waals surface area contributed by atoms with Gasteiger partial charge in [-0.1, -0.05) is 32.4 Å². The highest BCUT2D eigenvalue weighted by Crippen LogP contribution is 2.22. The van der Waals surface area contributed by atoms with Crippen molar-refractivity contribution in [3.8, 4) is 0 Å². The lowest BCUT2D eigenvalue weighted by molar-refractivity contribution is -0.155. The predicted molar refractivity (Wildman–Crippen MR) is 134 cm³/mol. The van der Waals surface area contributed by atoms with Crippen LogP contribution >= 0.6 is 11.8 Å². The van der Waals surface area contributed by atoms with E-state index >= 15 is 0 Å². The van der Waals surface area contributed by atoms with Gasteiger partial charge in [0.25, 0.3) is 11.8 Å². The number of ether oxygens (including phenoxy) is 2. The lowest BCUT2D eigenvalue weighted by Gasteiger charge is -2.21. The fourth-order valence-corrected chi connectivity index (χ4v) is 4.28. The lowest BCUT2D eigenvalue weighted by atomic mass is 10.1. The SMILES string of the molecule is CC(C)(C)OC(=O)CN1C(=O)c2ccccc2C1=O.CCCC(N[C@@H](C)C(=O)OCC)SCC. The summed E-state index contributed by atoms with van der Waals surface area (Å²) in [5.41, 5.74) is 0.0163. The number of amides is 2. The van der Waals surface area contributed by atoms with Gasteiger partial charge in [0.15, 0.2) is 0 Å². The molecule has 1 aliphatic heterocycles. The van der Waals surface area contributed by atoms with Gasteiger partial charge in [-0.25, -0.2) is 0 Å². The molecule has 2 amide bonds. The minimum atomic E-state index is -0.643. The monoisotopic (exact) mass is 494 g/mol. The molecule has 0 aromatic heterocycles. The molecule has 0 saturated heterocycles. The van der Waals surface area contributed by atoms with Crippen LogP contribution in [0, 0.1) is 0 Å². The zero-order valence-electron chi connectivity index (χ0n) is 21.3. The van der Waals surface area contributed by atoms with Gasteiger partial charge in [0.2, 0.25) is 0 Å². The van der Waals surface area contributed by atoms with Crippen molar-refractivity contribution in [1.82, 2.24) is 10.2 Å². The van der Waals surface area contributed by atoms with Gasteiger partial charge in [-0.05, 0) is 58.9 Å². The number of hydrogen-bond donors (Lipinski definition) is 1. The number of hydrogen-bond acceptors (Lipinski definition) is 8. The predicted octanol–water partition coefficient (Wildman–Crippen LogP) is 4.03. The normalized spacial score (nSPS) is 14.6. The number of imide groups is 1. The van der Waals surface area contributed by atoms with Crippen molar-refractivity contribution in [3.63, 3.8) is 0 Å². The summed E-state index contributed by atoms with van der Waals surface area (Å²) in [6.07, 6.45) is 2.21.